The van der Waals surface area contributed by atoms with Gasteiger partial charge >= 0.3 is 5.97 Å². The molecule has 0 aliphatic carbocycles. The van der Waals surface area contributed by atoms with Crippen LogP contribution in [0.4, 0.5) is 0 Å². The predicted octanol–water partition coefficient (Wildman–Crippen LogP) is 0.883. The molecule has 1 fully saturated rings. The second kappa shape index (κ2) is 5.22. The molecule has 2 rings (SSSR count). The maximum Gasteiger partial charge on any atom is 0.369 e. The number of carbonyl (C=O) groups excluding carboxylic acids is 1. The summed E-state index contributed by atoms with van der Waals surface area (Å²) < 4.78 is 15.5. The van der Waals surface area contributed by atoms with Crippen LogP contribution in [0, 0.1) is 0 Å². The Morgan fingerprint density at radius 3 is 3.19 bits per heavy atom. The molecule has 1 atom stereocenters. The molecule has 0 spiro atoms. The summed E-state index contributed by atoms with van der Waals surface area (Å²) in [6.45, 7) is 3.33. The van der Waals surface area contributed by atoms with Crippen molar-refractivity contribution in [3.05, 3.63) is 5.01 Å². The minimum atomic E-state index is -0.461. The Bertz CT molecular complexity index is 362. The predicted molar refractivity (Wildman–Crippen MR) is 55.7 cm³/mol. The molecule has 1 aliphatic rings. The lowest BCUT2D eigenvalue weighted by atomic mass is 10.3. The zero-order valence-corrected chi connectivity index (χ0v) is 9.66. The quantitative estimate of drug-likeness (QED) is 0.732. The monoisotopic (exact) mass is 244 g/mol. The number of ether oxygens (including phenoxy) is 3. The summed E-state index contributed by atoms with van der Waals surface area (Å²) >= 11 is 1.09. The molecule has 0 saturated carbocycles. The third-order valence-corrected chi connectivity index (χ3v) is 2.81. The van der Waals surface area contributed by atoms with Crippen LogP contribution in [0.1, 0.15) is 23.1 Å². The van der Waals surface area contributed by atoms with Crippen LogP contribution in [0.2, 0.25) is 0 Å². The van der Waals surface area contributed by atoms with Crippen molar-refractivity contribution >= 4 is 17.3 Å². The van der Waals surface area contributed by atoms with Gasteiger partial charge in [-0.05, 0) is 18.3 Å². The standard InChI is InChI=1S/C9H12N2O4S/c1-2-14-8(12)7-10-11-9(16-7)15-6-3-4-13-5-6/h6H,2-5H2,1H3. The van der Waals surface area contributed by atoms with Gasteiger partial charge in [-0.3, -0.25) is 0 Å². The van der Waals surface area contributed by atoms with Crippen LogP contribution in [0.3, 0.4) is 0 Å². The van der Waals surface area contributed by atoms with E-state index >= 15 is 0 Å². The normalized spacial score (nSPS) is 19.7. The van der Waals surface area contributed by atoms with Crippen molar-refractivity contribution in [2.75, 3.05) is 19.8 Å². The third-order valence-electron chi connectivity index (χ3n) is 2.01. The lowest BCUT2D eigenvalue weighted by Crippen LogP contribution is -2.15. The van der Waals surface area contributed by atoms with Gasteiger partial charge in [0.05, 0.1) is 19.8 Å². The molecule has 7 heteroatoms. The first kappa shape index (κ1) is 11.3. The van der Waals surface area contributed by atoms with Gasteiger partial charge in [0.1, 0.15) is 6.10 Å². The molecule has 1 saturated heterocycles. The van der Waals surface area contributed by atoms with E-state index in [-0.39, 0.29) is 11.1 Å². The van der Waals surface area contributed by atoms with Crippen LogP contribution in [-0.4, -0.2) is 42.1 Å². The van der Waals surface area contributed by atoms with Crippen molar-refractivity contribution < 1.29 is 19.0 Å². The van der Waals surface area contributed by atoms with E-state index in [2.05, 4.69) is 10.2 Å². The minimum absolute atomic E-state index is 0.0167. The lowest BCUT2D eigenvalue weighted by molar-refractivity contribution is 0.0525. The van der Waals surface area contributed by atoms with E-state index in [0.717, 1.165) is 17.8 Å². The summed E-state index contributed by atoms with van der Waals surface area (Å²) in [5.74, 6) is -0.461. The SMILES string of the molecule is CCOC(=O)c1nnc(OC2CCOC2)s1. The molecule has 16 heavy (non-hydrogen) atoms. The largest absolute Gasteiger partial charge is 0.463 e. The minimum Gasteiger partial charge on any atom is -0.463 e. The lowest BCUT2D eigenvalue weighted by Gasteiger charge is -2.06. The molecule has 88 valence electrons. The van der Waals surface area contributed by atoms with Crippen molar-refractivity contribution in [3.8, 4) is 5.19 Å². The van der Waals surface area contributed by atoms with E-state index in [0.29, 0.717) is 25.0 Å². The number of hydrogen-bond acceptors (Lipinski definition) is 7. The molecule has 1 aromatic rings. The van der Waals surface area contributed by atoms with Crippen molar-refractivity contribution in [1.29, 1.82) is 0 Å². The third kappa shape index (κ3) is 2.67. The number of nitrogens with zero attached hydrogens (tertiary/aromatic N) is 2. The fourth-order valence-electron chi connectivity index (χ4n) is 1.28. The zero-order valence-electron chi connectivity index (χ0n) is 8.84. The first-order chi connectivity index (χ1) is 7.79. The van der Waals surface area contributed by atoms with Crippen molar-refractivity contribution in [2.45, 2.75) is 19.4 Å². The van der Waals surface area contributed by atoms with Gasteiger partial charge in [-0.25, -0.2) is 4.79 Å². The van der Waals surface area contributed by atoms with Gasteiger partial charge < -0.3 is 14.2 Å². The Kier molecular flexibility index (Phi) is 3.68. The van der Waals surface area contributed by atoms with Gasteiger partial charge in [0, 0.05) is 6.42 Å². The Labute approximate surface area is 96.5 Å². The highest BCUT2D eigenvalue weighted by molar-refractivity contribution is 7.14. The number of esters is 1. The topological polar surface area (TPSA) is 70.5 Å². The molecule has 0 N–H and O–H groups in total. The van der Waals surface area contributed by atoms with Crippen LogP contribution in [-0.2, 0) is 9.47 Å². The van der Waals surface area contributed by atoms with Crippen molar-refractivity contribution in [1.82, 2.24) is 10.2 Å². The number of aromatic nitrogens is 2. The summed E-state index contributed by atoms with van der Waals surface area (Å²) in [6, 6.07) is 0. The number of carbonyl (C=O) groups is 1. The Morgan fingerprint density at radius 1 is 1.62 bits per heavy atom. The Balaban J connectivity index is 1.93. The van der Waals surface area contributed by atoms with E-state index in [1.165, 1.54) is 0 Å². The van der Waals surface area contributed by atoms with Gasteiger partial charge in [-0.1, -0.05) is 5.10 Å². The summed E-state index contributed by atoms with van der Waals surface area (Å²) in [5, 5.41) is 8.08. The van der Waals surface area contributed by atoms with E-state index in [9.17, 15) is 4.79 Å². The Morgan fingerprint density at radius 2 is 2.50 bits per heavy atom. The summed E-state index contributed by atoms with van der Waals surface area (Å²) in [6.07, 6.45) is 0.858. The average Bonchev–Trinajstić information content (AvgIpc) is 2.90. The van der Waals surface area contributed by atoms with E-state index < -0.39 is 5.97 Å². The van der Waals surface area contributed by atoms with Gasteiger partial charge in [-0.2, -0.15) is 0 Å². The van der Waals surface area contributed by atoms with Gasteiger partial charge in [0.25, 0.3) is 5.19 Å². The zero-order chi connectivity index (χ0) is 11.4. The van der Waals surface area contributed by atoms with Gasteiger partial charge in [-0.15, -0.1) is 5.10 Å². The maximum absolute atomic E-state index is 11.3. The Hall–Kier alpha value is -1.21. The first-order valence-electron chi connectivity index (χ1n) is 5.04. The summed E-state index contributed by atoms with van der Waals surface area (Å²) in [4.78, 5) is 11.3. The van der Waals surface area contributed by atoms with Gasteiger partial charge in [0.2, 0.25) is 5.01 Å². The second-order valence-corrected chi connectivity index (χ2v) is 4.14. The highest BCUT2D eigenvalue weighted by Crippen LogP contribution is 2.21. The van der Waals surface area contributed by atoms with Crippen molar-refractivity contribution in [3.63, 3.8) is 0 Å². The molecule has 2 heterocycles. The highest BCUT2D eigenvalue weighted by atomic mass is 32.1. The van der Waals surface area contributed by atoms with Crippen LogP contribution in [0.25, 0.3) is 0 Å². The van der Waals surface area contributed by atoms with Crippen LogP contribution in [0.5, 0.6) is 5.19 Å². The molecule has 6 nitrogen and oxygen atoms in total. The number of rotatable bonds is 4. The maximum atomic E-state index is 11.3. The smallest absolute Gasteiger partial charge is 0.369 e. The van der Waals surface area contributed by atoms with Crippen molar-refractivity contribution in [2.24, 2.45) is 0 Å². The van der Waals surface area contributed by atoms with Crippen LogP contribution >= 0.6 is 11.3 Å². The van der Waals surface area contributed by atoms with Crippen LogP contribution < -0.4 is 4.74 Å². The summed E-state index contributed by atoms with van der Waals surface area (Å²) in [7, 11) is 0. The molecular weight excluding hydrogens is 232 g/mol. The van der Waals surface area contributed by atoms with Gasteiger partial charge in [0.15, 0.2) is 0 Å². The van der Waals surface area contributed by atoms with E-state index in [1.54, 1.807) is 6.92 Å². The molecule has 0 aromatic carbocycles. The number of hydrogen-bond donors (Lipinski definition) is 0. The fraction of sp³-hybridized carbons (Fsp3) is 0.667. The first-order valence-corrected chi connectivity index (χ1v) is 5.86. The second-order valence-electron chi connectivity index (χ2n) is 3.20. The van der Waals surface area contributed by atoms with E-state index in [4.69, 9.17) is 14.2 Å². The molecule has 1 aromatic heterocycles. The molecular formula is C9H12N2O4S. The summed E-state index contributed by atoms with van der Waals surface area (Å²) in [5.41, 5.74) is 0. The average molecular weight is 244 g/mol. The highest BCUT2D eigenvalue weighted by Gasteiger charge is 2.21. The molecule has 1 unspecified atom stereocenters. The van der Waals surface area contributed by atoms with E-state index in [1.807, 2.05) is 0 Å². The molecule has 0 amide bonds. The van der Waals surface area contributed by atoms with Crippen LogP contribution in [0.15, 0.2) is 0 Å². The molecule has 1 aliphatic heterocycles. The molecule has 0 bridgehead atoms. The molecule has 0 radical (unpaired) electrons. The fourth-order valence-corrected chi connectivity index (χ4v) is 1.94.